The molecule has 0 unspecified atom stereocenters. The van der Waals surface area contributed by atoms with E-state index in [1.807, 2.05) is 12.1 Å². The smallest absolute Gasteiger partial charge is 0.304 e. The van der Waals surface area contributed by atoms with Crippen LogP contribution in [0.2, 0.25) is 0 Å². The van der Waals surface area contributed by atoms with Crippen molar-refractivity contribution in [3.8, 4) is 28.1 Å². The third-order valence-electron chi connectivity index (χ3n) is 5.22. The summed E-state index contributed by atoms with van der Waals surface area (Å²) in [6, 6.07) is 24.6. The first kappa shape index (κ1) is 20.9. The number of methoxy groups -OCH3 is 1. The summed E-state index contributed by atoms with van der Waals surface area (Å²) in [5.74, 6) is 0.282. The Morgan fingerprint density at radius 3 is 1.97 bits per heavy atom. The predicted octanol–water partition coefficient (Wildman–Crippen LogP) is 5.87. The molecule has 0 atom stereocenters. The highest BCUT2D eigenvalue weighted by molar-refractivity contribution is 6.15. The zero-order chi connectivity index (χ0) is 22.7. The highest BCUT2D eigenvalue weighted by Crippen LogP contribution is 2.41. The molecule has 0 spiro atoms. The molecule has 6 heteroatoms. The van der Waals surface area contributed by atoms with Crippen LogP contribution in [0.1, 0.15) is 21.6 Å². The van der Waals surface area contributed by atoms with E-state index in [-0.39, 0.29) is 28.3 Å². The second-order valence-corrected chi connectivity index (χ2v) is 7.19. The predicted molar refractivity (Wildman–Crippen MR) is 123 cm³/mol. The molecule has 0 radical (unpaired) electrons. The third-order valence-corrected chi connectivity index (χ3v) is 5.22. The molecular formula is C26H20N2O4. The molecular weight excluding hydrogens is 404 g/mol. The lowest BCUT2D eigenvalue weighted by Gasteiger charge is -2.15. The summed E-state index contributed by atoms with van der Waals surface area (Å²) in [4.78, 5) is 30.0. The van der Waals surface area contributed by atoms with Crippen molar-refractivity contribution in [2.75, 3.05) is 7.11 Å². The van der Waals surface area contributed by atoms with Crippen LogP contribution in [0.15, 0.2) is 84.9 Å². The zero-order valence-corrected chi connectivity index (χ0v) is 17.6. The van der Waals surface area contributed by atoms with Gasteiger partial charge in [0.25, 0.3) is 0 Å². The maximum absolute atomic E-state index is 13.6. The van der Waals surface area contributed by atoms with Gasteiger partial charge in [-0.15, -0.1) is 0 Å². The second kappa shape index (κ2) is 8.81. The van der Waals surface area contributed by atoms with Gasteiger partial charge in [-0.1, -0.05) is 60.7 Å². The van der Waals surface area contributed by atoms with E-state index in [9.17, 15) is 14.9 Å². The van der Waals surface area contributed by atoms with Gasteiger partial charge >= 0.3 is 5.69 Å². The van der Waals surface area contributed by atoms with Gasteiger partial charge in [-0.2, -0.15) is 0 Å². The Morgan fingerprint density at radius 1 is 0.875 bits per heavy atom. The van der Waals surface area contributed by atoms with Crippen molar-refractivity contribution >= 4 is 11.5 Å². The average molecular weight is 424 g/mol. The number of ketones is 1. The molecule has 0 saturated heterocycles. The second-order valence-electron chi connectivity index (χ2n) is 7.19. The summed E-state index contributed by atoms with van der Waals surface area (Å²) in [7, 11) is 1.55. The van der Waals surface area contributed by atoms with Gasteiger partial charge in [0, 0.05) is 11.1 Å². The molecule has 0 aliphatic carbocycles. The molecule has 0 amide bonds. The maximum Gasteiger partial charge on any atom is 0.304 e. The van der Waals surface area contributed by atoms with Gasteiger partial charge in [-0.05, 0) is 36.8 Å². The number of benzene rings is 3. The topological polar surface area (TPSA) is 82.3 Å². The molecule has 6 nitrogen and oxygen atoms in total. The summed E-state index contributed by atoms with van der Waals surface area (Å²) in [6.07, 6.45) is 0. The van der Waals surface area contributed by atoms with Crippen molar-refractivity contribution in [3.63, 3.8) is 0 Å². The van der Waals surface area contributed by atoms with Gasteiger partial charge in [0.2, 0.25) is 0 Å². The van der Waals surface area contributed by atoms with E-state index in [0.29, 0.717) is 28.1 Å². The fourth-order valence-corrected chi connectivity index (χ4v) is 3.72. The van der Waals surface area contributed by atoms with E-state index in [1.54, 1.807) is 86.8 Å². The fourth-order valence-electron chi connectivity index (χ4n) is 3.72. The minimum atomic E-state index is -0.456. The van der Waals surface area contributed by atoms with Crippen LogP contribution in [0.25, 0.3) is 22.4 Å². The average Bonchev–Trinajstić information content (AvgIpc) is 2.84. The number of nitro groups is 1. The number of pyridine rings is 1. The van der Waals surface area contributed by atoms with E-state index in [1.165, 1.54) is 0 Å². The van der Waals surface area contributed by atoms with Crippen LogP contribution >= 0.6 is 0 Å². The Balaban J connectivity index is 2.04. The summed E-state index contributed by atoms with van der Waals surface area (Å²) in [5, 5.41) is 12.3. The molecule has 158 valence electrons. The zero-order valence-electron chi connectivity index (χ0n) is 17.6. The van der Waals surface area contributed by atoms with Crippen molar-refractivity contribution in [2.24, 2.45) is 0 Å². The van der Waals surface area contributed by atoms with Gasteiger partial charge in [0.05, 0.1) is 28.9 Å². The molecule has 4 rings (SSSR count). The van der Waals surface area contributed by atoms with Crippen molar-refractivity contribution < 1.29 is 14.5 Å². The highest BCUT2D eigenvalue weighted by Gasteiger charge is 2.31. The quantitative estimate of drug-likeness (QED) is 0.220. The Hall–Kier alpha value is -4.32. The van der Waals surface area contributed by atoms with Crippen LogP contribution in [0.4, 0.5) is 5.69 Å². The molecule has 0 bridgehead atoms. The number of rotatable bonds is 6. The van der Waals surface area contributed by atoms with Crippen LogP contribution in [0.5, 0.6) is 5.75 Å². The van der Waals surface area contributed by atoms with Gasteiger partial charge in [0.1, 0.15) is 11.4 Å². The molecule has 0 saturated carbocycles. The van der Waals surface area contributed by atoms with Crippen LogP contribution in [-0.4, -0.2) is 22.8 Å². The number of hydrogen-bond donors (Lipinski definition) is 0. The number of aryl methyl sites for hydroxylation is 1. The molecule has 0 aliphatic heterocycles. The molecule has 0 fully saturated rings. The van der Waals surface area contributed by atoms with Crippen LogP contribution in [0, 0.1) is 17.0 Å². The van der Waals surface area contributed by atoms with Crippen molar-refractivity contribution in [3.05, 3.63) is 112 Å². The molecule has 4 aromatic rings. The minimum absolute atomic E-state index is 0.190. The van der Waals surface area contributed by atoms with E-state index in [4.69, 9.17) is 4.74 Å². The molecule has 32 heavy (non-hydrogen) atoms. The largest absolute Gasteiger partial charge is 0.497 e. The maximum atomic E-state index is 13.6. The monoisotopic (exact) mass is 424 g/mol. The molecule has 3 aromatic carbocycles. The first-order chi connectivity index (χ1) is 15.5. The molecule has 1 heterocycles. The van der Waals surface area contributed by atoms with Crippen LogP contribution < -0.4 is 4.74 Å². The number of aromatic nitrogens is 1. The van der Waals surface area contributed by atoms with Crippen molar-refractivity contribution in [1.29, 1.82) is 0 Å². The summed E-state index contributed by atoms with van der Waals surface area (Å²) >= 11 is 0. The number of nitrogens with zero attached hydrogens (tertiary/aromatic N) is 2. The lowest BCUT2D eigenvalue weighted by atomic mass is 9.90. The summed E-state index contributed by atoms with van der Waals surface area (Å²) in [5.41, 5.74) is 2.55. The van der Waals surface area contributed by atoms with E-state index in [0.717, 1.165) is 0 Å². The molecule has 1 aromatic heterocycles. The SMILES string of the molecule is COc1ccc(C(=O)c2c(C)nc(-c3ccccc3)c([N+](=O)[O-])c2-c2ccccc2)cc1. The molecule has 0 aliphatic rings. The van der Waals surface area contributed by atoms with E-state index in [2.05, 4.69) is 4.98 Å². The van der Waals surface area contributed by atoms with Gasteiger partial charge in [-0.25, -0.2) is 4.98 Å². The normalized spacial score (nSPS) is 10.6. The Bertz CT molecular complexity index is 1290. The first-order valence-corrected chi connectivity index (χ1v) is 10.00. The summed E-state index contributed by atoms with van der Waals surface area (Å²) < 4.78 is 5.17. The van der Waals surface area contributed by atoms with Gasteiger partial charge < -0.3 is 4.74 Å². The lowest BCUT2D eigenvalue weighted by molar-refractivity contribution is -0.383. The Labute approximate surface area is 185 Å². The highest BCUT2D eigenvalue weighted by atomic mass is 16.6. The molecule has 0 N–H and O–H groups in total. The Morgan fingerprint density at radius 2 is 1.44 bits per heavy atom. The van der Waals surface area contributed by atoms with Gasteiger partial charge in [-0.3, -0.25) is 14.9 Å². The van der Waals surface area contributed by atoms with Crippen molar-refractivity contribution in [1.82, 2.24) is 4.98 Å². The fraction of sp³-hybridized carbons (Fsp3) is 0.0769. The lowest BCUT2D eigenvalue weighted by Crippen LogP contribution is -2.11. The minimum Gasteiger partial charge on any atom is -0.497 e. The van der Waals surface area contributed by atoms with E-state index < -0.39 is 4.92 Å². The van der Waals surface area contributed by atoms with Gasteiger partial charge in [0.15, 0.2) is 5.78 Å². The third kappa shape index (κ3) is 3.86. The van der Waals surface area contributed by atoms with Crippen LogP contribution in [0.3, 0.4) is 0 Å². The Kier molecular flexibility index (Phi) is 5.77. The standard InChI is InChI=1S/C26H20N2O4/c1-17-22(26(29)20-13-15-21(32-2)16-14-20)23(18-9-5-3-6-10-18)25(28(30)31)24(27-17)19-11-7-4-8-12-19/h3-16H,1-2H3. The number of hydrogen-bond acceptors (Lipinski definition) is 5. The number of carbonyl (C=O) groups excluding carboxylic acids is 1. The van der Waals surface area contributed by atoms with Crippen LogP contribution in [-0.2, 0) is 0 Å². The number of carbonyl (C=O) groups is 1. The summed E-state index contributed by atoms with van der Waals surface area (Å²) in [6.45, 7) is 1.71. The first-order valence-electron chi connectivity index (χ1n) is 10.00. The van der Waals surface area contributed by atoms with E-state index >= 15 is 0 Å². The van der Waals surface area contributed by atoms with Crippen molar-refractivity contribution in [2.45, 2.75) is 6.92 Å². The number of ether oxygens (including phenoxy) is 1.